The maximum Gasteiger partial charge on any atom is 0.123 e. The molecule has 0 aromatic heterocycles. The molecule has 3 saturated carbocycles. The molecule has 1 heteroatoms. The lowest BCUT2D eigenvalue weighted by Crippen LogP contribution is -2.46. The zero-order valence-electron chi connectivity index (χ0n) is 21.9. The van der Waals surface area contributed by atoms with Gasteiger partial charge in [0.05, 0.1) is 0 Å². The van der Waals surface area contributed by atoms with Crippen LogP contribution >= 0.6 is 0 Å². The highest BCUT2D eigenvalue weighted by atomic mass is 16.1. The molecule has 0 N–H and O–H groups in total. The van der Waals surface area contributed by atoms with Crippen LogP contribution in [0.4, 0.5) is 0 Å². The number of hydrogen-bond donors (Lipinski definition) is 0. The molecule has 0 amide bonds. The molecule has 3 aliphatic carbocycles. The standard InChI is InChI=1S/C31H56O/c1-3-5-7-8-10-14-26-17-19-28(20-18-26)30(25-32)31(29-15-11-9-12-16-29)23-21-27(22-24-31)13-6-4-2/h25-30H,3-24H2,1-2H3/t26?,27-,28?,30?,31+. The van der Waals surface area contributed by atoms with Crippen LogP contribution in [0.2, 0.25) is 0 Å². The second-order valence-corrected chi connectivity index (χ2v) is 12.3. The Balaban J connectivity index is 1.58. The number of carbonyl (C=O) groups is 1. The first-order chi connectivity index (χ1) is 15.7. The van der Waals surface area contributed by atoms with Gasteiger partial charge in [-0.25, -0.2) is 0 Å². The molecule has 3 rings (SSSR count). The first-order valence-corrected chi connectivity index (χ1v) is 15.2. The van der Waals surface area contributed by atoms with Gasteiger partial charge >= 0.3 is 0 Å². The van der Waals surface area contributed by atoms with Crippen molar-refractivity contribution in [3.63, 3.8) is 0 Å². The van der Waals surface area contributed by atoms with Gasteiger partial charge in [-0.1, -0.05) is 104 Å². The second kappa shape index (κ2) is 14.2. The first kappa shape index (κ1) is 26.3. The largest absolute Gasteiger partial charge is 0.303 e. The van der Waals surface area contributed by atoms with Crippen LogP contribution in [0.5, 0.6) is 0 Å². The SMILES string of the molecule is CCCCCCCC1CCC(C(C=O)[C@]2(C3CCCCC3)CC[C@H](CCCC)CC2)CC1. The topological polar surface area (TPSA) is 17.1 Å². The van der Waals surface area contributed by atoms with Crippen molar-refractivity contribution >= 4 is 6.29 Å². The quantitative estimate of drug-likeness (QED) is 0.204. The summed E-state index contributed by atoms with van der Waals surface area (Å²) in [7, 11) is 0. The zero-order valence-corrected chi connectivity index (χ0v) is 21.9. The van der Waals surface area contributed by atoms with Crippen molar-refractivity contribution < 1.29 is 4.79 Å². The minimum absolute atomic E-state index is 0.364. The molecule has 0 aliphatic heterocycles. The summed E-state index contributed by atoms with van der Waals surface area (Å²) in [6.07, 6.45) is 32.4. The van der Waals surface area contributed by atoms with Crippen LogP contribution in [0.3, 0.4) is 0 Å². The molecule has 186 valence electrons. The predicted molar refractivity (Wildman–Crippen MR) is 139 cm³/mol. The van der Waals surface area contributed by atoms with Gasteiger partial charge in [-0.3, -0.25) is 0 Å². The monoisotopic (exact) mass is 444 g/mol. The summed E-state index contributed by atoms with van der Waals surface area (Å²) >= 11 is 0. The summed E-state index contributed by atoms with van der Waals surface area (Å²) in [5.41, 5.74) is 0.364. The van der Waals surface area contributed by atoms with E-state index in [-0.39, 0.29) is 0 Å². The first-order valence-electron chi connectivity index (χ1n) is 15.2. The molecule has 0 spiro atoms. The normalized spacial score (nSPS) is 33.1. The summed E-state index contributed by atoms with van der Waals surface area (Å²) < 4.78 is 0. The van der Waals surface area contributed by atoms with Gasteiger partial charge in [0.2, 0.25) is 0 Å². The molecule has 0 aromatic rings. The average Bonchev–Trinajstić information content (AvgIpc) is 2.85. The third kappa shape index (κ3) is 7.09. The van der Waals surface area contributed by atoms with Gasteiger partial charge in [-0.15, -0.1) is 0 Å². The Hall–Kier alpha value is -0.330. The Bertz CT molecular complexity index is 489. The van der Waals surface area contributed by atoms with E-state index in [2.05, 4.69) is 13.8 Å². The average molecular weight is 445 g/mol. The van der Waals surface area contributed by atoms with Gasteiger partial charge in [0.15, 0.2) is 0 Å². The van der Waals surface area contributed by atoms with Crippen molar-refractivity contribution in [3.05, 3.63) is 0 Å². The van der Waals surface area contributed by atoms with Crippen LogP contribution in [0.15, 0.2) is 0 Å². The number of hydrogen-bond acceptors (Lipinski definition) is 1. The Morgan fingerprint density at radius 1 is 0.688 bits per heavy atom. The Morgan fingerprint density at radius 2 is 1.28 bits per heavy atom. The van der Waals surface area contributed by atoms with Crippen molar-refractivity contribution in [1.82, 2.24) is 0 Å². The highest BCUT2D eigenvalue weighted by molar-refractivity contribution is 5.56. The lowest BCUT2D eigenvalue weighted by Gasteiger charge is -2.53. The molecule has 1 unspecified atom stereocenters. The number of aldehydes is 1. The van der Waals surface area contributed by atoms with Crippen LogP contribution in [-0.4, -0.2) is 6.29 Å². The minimum atomic E-state index is 0.364. The number of unbranched alkanes of at least 4 members (excludes halogenated alkanes) is 5. The maximum absolute atomic E-state index is 12.8. The Labute approximate surface area is 201 Å². The smallest absolute Gasteiger partial charge is 0.123 e. The Kier molecular flexibility index (Phi) is 11.6. The lowest BCUT2D eigenvalue weighted by molar-refractivity contribution is -0.125. The second-order valence-electron chi connectivity index (χ2n) is 12.3. The molecule has 0 heterocycles. The van der Waals surface area contributed by atoms with E-state index in [1.165, 1.54) is 148 Å². The van der Waals surface area contributed by atoms with E-state index < -0.39 is 0 Å². The molecule has 32 heavy (non-hydrogen) atoms. The molecule has 3 aliphatic rings. The van der Waals surface area contributed by atoms with E-state index in [1.54, 1.807) is 0 Å². The fourth-order valence-electron chi connectivity index (χ4n) is 8.28. The number of carbonyl (C=O) groups excluding carboxylic acids is 1. The molecule has 0 bridgehead atoms. The van der Waals surface area contributed by atoms with Crippen molar-refractivity contribution in [2.24, 2.45) is 35.0 Å². The van der Waals surface area contributed by atoms with Gasteiger partial charge < -0.3 is 4.79 Å². The minimum Gasteiger partial charge on any atom is -0.303 e. The fraction of sp³-hybridized carbons (Fsp3) is 0.968. The van der Waals surface area contributed by atoms with E-state index in [0.717, 1.165) is 17.8 Å². The van der Waals surface area contributed by atoms with Crippen LogP contribution in [0.25, 0.3) is 0 Å². The van der Waals surface area contributed by atoms with E-state index in [9.17, 15) is 4.79 Å². The summed E-state index contributed by atoms with van der Waals surface area (Å²) in [5.74, 6) is 3.80. The third-order valence-electron chi connectivity index (χ3n) is 10.3. The summed E-state index contributed by atoms with van der Waals surface area (Å²) in [6.45, 7) is 4.64. The summed E-state index contributed by atoms with van der Waals surface area (Å²) in [4.78, 5) is 12.8. The maximum atomic E-state index is 12.8. The summed E-state index contributed by atoms with van der Waals surface area (Å²) in [6, 6.07) is 0. The van der Waals surface area contributed by atoms with Crippen molar-refractivity contribution in [3.8, 4) is 0 Å². The molecular weight excluding hydrogens is 388 g/mol. The molecular formula is C31H56O. The van der Waals surface area contributed by atoms with Crippen molar-refractivity contribution in [2.75, 3.05) is 0 Å². The van der Waals surface area contributed by atoms with Gasteiger partial charge in [-0.05, 0) is 80.5 Å². The van der Waals surface area contributed by atoms with Gasteiger partial charge in [0, 0.05) is 5.92 Å². The van der Waals surface area contributed by atoms with Gasteiger partial charge in [-0.2, -0.15) is 0 Å². The Morgan fingerprint density at radius 3 is 1.91 bits per heavy atom. The molecule has 0 radical (unpaired) electrons. The predicted octanol–water partition coefficient (Wildman–Crippen LogP) is 9.92. The van der Waals surface area contributed by atoms with Crippen LogP contribution < -0.4 is 0 Å². The molecule has 0 saturated heterocycles. The van der Waals surface area contributed by atoms with Crippen LogP contribution in [-0.2, 0) is 4.79 Å². The van der Waals surface area contributed by atoms with Gasteiger partial charge in [0.25, 0.3) is 0 Å². The lowest BCUT2D eigenvalue weighted by atomic mass is 9.51. The fourth-order valence-corrected chi connectivity index (χ4v) is 8.28. The zero-order chi connectivity index (χ0) is 22.7. The van der Waals surface area contributed by atoms with Crippen LogP contribution in [0, 0.1) is 35.0 Å². The van der Waals surface area contributed by atoms with Crippen molar-refractivity contribution in [1.29, 1.82) is 0 Å². The molecule has 0 aromatic carbocycles. The van der Waals surface area contributed by atoms with E-state index in [4.69, 9.17) is 0 Å². The third-order valence-corrected chi connectivity index (χ3v) is 10.3. The van der Waals surface area contributed by atoms with E-state index in [0.29, 0.717) is 17.3 Å². The molecule has 1 nitrogen and oxygen atoms in total. The van der Waals surface area contributed by atoms with Gasteiger partial charge in [0.1, 0.15) is 6.29 Å². The van der Waals surface area contributed by atoms with E-state index in [1.807, 2.05) is 0 Å². The number of rotatable bonds is 13. The van der Waals surface area contributed by atoms with Crippen LogP contribution in [0.1, 0.15) is 155 Å². The highest BCUT2D eigenvalue weighted by Gasteiger charge is 2.49. The summed E-state index contributed by atoms with van der Waals surface area (Å²) in [5, 5.41) is 0. The van der Waals surface area contributed by atoms with E-state index >= 15 is 0 Å². The van der Waals surface area contributed by atoms with Crippen molar-refractivity contribution in [2.45, 2.75) is 155 Å². The molecule has 3 fully saturated rings. The molecule has 1 atom stereocenters. The highest BCUT2D eigenvalue weighted by Crippen LogP contribution is 2.57.